The molecule has 0 spiro atoms. The molecule has 7 heteroatoms. The van der Waals surface area contributed by atoms with Crippen molar-refractivity contribution < 1.29 is 13.2 Å². The molecule has 0 heterocycles. The number of hydrogen-bond acceptors (Lipinski definition) is 3. The standard InChI is InChI=1S/C5H11BrN2O3S/c1-7-5(9)3-8(2)12(10,11)4-6/h3-4H2,1-2H3,(H,7,9). The Labute approximate surface area is 80.3 Å². The van der Waals surface area contributed by atoms with Crippen LogP contribution in [0.4, 0.5) is 0 Å². The molecule has 72 valence electrons. The fourth-order valence-corrected chi connectivity index (χ4v) is 1.99. The molecule has 0 aromatic carbocycles. The van der Waals surface area contributed by atoms with Gasteiger partial charge in [0.05, 0.1) is 6.54 Å². The Morgan fingerprint density at radius 1 is 1.58 bits per heavy atom. The van der Waals surface area contributed by atoms with Gasteiger partial charge in [0.25, 0.3) is 0 Å². The summed E-state index contributed by atoms with van der Waals surface area (Å²) in [4.78, 5) is 10.8. The van der Waals surface area contributed by atoms with E-state index in [0.29, 0.717) is 0 Å². The summed E-state index contributed by atoms with van der Waals surface area (Å²) in [5.41, 5.74) is 0. The average molecular weight is 259 g/mol. The Kier molecular flexibility index (Phi) is 4.73. The number of nitrogens with one attached hydrogen (secondary N) is 1. The number of hydrogen-bond donors (Lipinski definition) is 1. The molecule has 0 aliphatic heterocycles. The highest BCUT2D eigenvalue weighted by Crippen LogP contribution is 2.00. The molecule has 0 saturated heterocycles. The normalized spacial score (nSPS) is 11.7. The lowest BCUT2D eigenvalue weighted by Crippen LogP contribution is -2.37. The highest BCUT2D eigenvalue weighted by atomic mass is 79.9. The van der Waals surface area contributed by atoms with Crippen LogP contribution in [-0.2, 0) is 14.8 Å². The topological polar surface area (TPSA) is 66.5 Å². The SMILES string of the molecule is CNC(=O)CN(C)S(=O)(=O)CBr. The fraction of sp³-hybridized carbons (Fsp3) is 0.800. The zero-order valence-corrected chi connectivity index (χ0v) is 9.27. The molecule has 0 fully saturated rings. The predicted octanol–water partition coefficient (Wildman–Crippen LogP) is -0.654. The molecule has 0 bridgehead atoms. The number of likely N-dealkylation sites (N-methyl/N-ethyl adjacent to an activating group) is 2. The lowest BCUT2D eigenvalue weighted by atomic mass is 10.6. The summed E-state index contributed by atoms with van der Waals surface area (Å²) in [7, 11) is -0.506. The first kappa shape index (κ1) is 11.9. The van der Waals surface area contributed by atoms with Gasteiger partial charge in [0, 0.05) is 14.1 Å². The third kappa shape index (κ3) is 3.51. The molecule has 0 aliphatic rings. The lowest BCUT2D eigenvalue weighted by molar-refractivity contribution is -0.120. The lowest BCUT2D eigenvalue weighted by Gasteiger charge is -2.13. The molecule has 5 nitrogen and oxygen atoms in total. The van der Waals surface area contributed by atoms with Crippen LogP contribution in [0.1, 0.15) is 0 Å². The molecule has 0 atom stereocenters. The molecular formula is C5H11BrN2O3S. The molecule has 0 aliphatic carbocycles. The first-order chi connectivity index (χ1) is 5.44. The van der Waals surface area contributed by atoms with E-state index in [0.717, 1.165) is 4.31 Å². The quantitative estimate of drug-likeness (QED) is 0.682. The molecule has 0 unspecified atom stereocenters. The molecule has 0 aromatic rings. The molecular weight excluding hydrogens is 248 g/mol. The number of amides is 1. The van der Waals surface area contributed by atoms with Crippen molar-refractivity contribution in [3.05, 3.63) is 0 Å². The molecule has 12 heavy (non-hydrogen) atoms. The van der Waals surface area contributed by atoms with Crippen molar-refractivity contribution in [2.24, 2.45) is 0 Å². The van der Waals surface area contributed by atoms with Gasteiger partial charge in [-0.1, -0.05) is 15.9 Å². The van der Waals surface area contributed by atoms with Crippen LogP contribution in [0.15, 0.2) is 0 Å². The Bertz CT molecular complexity index is 251. The number of sulfonamides is 1. The van der Waals surface area contributed by atoms with E-state index in [1.807, 2.05) is 0 Å². The van der Waals surface area contributed by atoms with E-state index in [1.165, 1.54) is 14.1 Å². The molecule has 1 amide bonds. The molecule has 0 saturated carbocycles. The van der Waals surface area contributed by atoms with Crippen molar-refractivity contribution in [1.82, 2.24) is 9.62 Å². The van der Waals surface area contributed by atoms with E-state index in [1.54, 1.807) is 0 Å². The number of halogens is 1. The van der Waals surface area contributed by atoms with Crippen LogP contribution >= 0.6 is 15.9 Å². The number of rotatable bonds is 4. The summed E-state index contributed by atoms with van der Waals surface area (Å²) in [5.74, 6) is -0.331. The fourth-order valence-electron chi connectivity index (χ4n) is 0.463. The summed E-state index contributed by atoms with van der Waals surface area (Å²) in [6, 6.07) is 0. The Morgan fingerprint density at radius 2 is 2.08 bits per heavy atom. The molecule has 0 rings (SSSR count). The summed E-state index contributed by atoms with van der Waals surface area (Å²) >= 11 is 2.82. The molecule has 1 N–H and O–H groups in total. The first-order valence-corrected chi connectivity index (χ1v) is 5.87. The van der Waals surface area contributed by atoms with Crippen molar-refractivity contribution in [3.63, 3.8) is 0 Å². The van der Waals surface area contributed by atoms with Gasteiger partial charge < -0.3 is 5.32 Å². The maximum Gasteiger partial charge on any atom is 0.235 e. The molecule has 0 radical (unpaired) electrons. The van der Waals surface area contributed by atoms with Crippen LogP contribution < -0.4 is 5.32 Å². The van der Waals surface area contributed by atoms with E-state index in [2.05, 4.69) is 21.2 Å². The van der Waals surface area contributed by atoms with Gasteiger partial charge in [-0.2, -0.15) is 4.31 Å². The number of nitrogens with zero attached hydrogens (tertiary/aromatic N) is 1. The zero-order valence-electron chi connectivity index (χ0n) is 6.87. The second kappa shape index (κ2) is 4.78. The third-order valence-corrected chi connectivity index (χ3v) is 4.35. The van der Waals surface area contributed by atoms with Gasteiger partial charge in [0.2, 0.25) is 15.9 Å². The van der Waals surface area contributed by atoms with E-state index >= 15 is 0 Å². The van der Waals surface area contributed by atoms with Gasteiger partial charge in [-0.05, 0) is 0 Å². The summed E-state index contributed by atoms with van der Waals surface area (Å²) in [6.45, 7) is -0.148. The second-order valence-electron chi connectivity index (χ2n) is 2.15. The minimum atomic E-state index is -3.31. The summed E-state index contributed by atoms with van der Waals surface area (Å²) in [5, 5.41) is 2.33. The number of carbonyl (C=O) groups excluding carboxylic acids is 1. The van der Waals surface area contributed by atoms with Crippen LogP contribution in [0.2, 0.25) is 0 Å². The van der Waals surface area contributed by atoms with Crippen molar-refractivity contribution in [2.45, 2.75) is 0 Å². The van der Waals surface area contributed by atoms with Gasteiger partial charge in [-0.25, -0.2) is 8.42 Å². The van der Waals surface area contributed by atoms with Gasteiger partial charge in [-0.3, -0.25) is 4.79 Å². The van der Waals surface area contributed by atoms with E-state index in [-0.39, 0.29) is 17.1 Å². The van der Waals surface area contributed by atoms with E-state index in [9.17, 15) is 13.2 Å². The maximum absolute atomic E-state index is 11.0. The van der Waals surface area contributed by atoms with E-state index in [4.69, 9.17) is 0 Å². The van der Waals surface area contributed by atoms with Gasteiger partial charge in [-0.15, -0.1) is 0 Å². The van der Waals surface area contributed by atoms with Gasteiger partial charge in [0.15, 0.2) is 0 Å². The summed E-state index contributed by atoms with van der Waals surface area (Å²) < 4.78 is 22.9. The molecule has 0 aromatic heterocycles. The van der Waals surface area contributed by atoms with Crippen molar-refractivity contribution >= 4 is 31.9 Å². The highest BCUT2D eigenvalue weighted by molar-refractivity contribution is 9.10. The van der Waals surface area contributed by atoms with Gasteiger partial charge >= 0.3 is 0 Å². The number of alkyl halides is 1. The van der Waals surface area contributed by atoms with Crippen LogP contribution in [0, 0.1) is 0 Å². The second-order valence-corrected chi connectivity index (χ2v) is 5.53. The van der Waals surface area contributed by atoms with E-state index < -0.39 is 10.0 Å². The van der Waals surface area contributed by atoms with Crippen LogP contribution in [0.3, 0.4) is 0 Å². The smallest absolute Gasteiger partial charge is 0.235 e. The van der Waals surface area contributed by atoms with Crippen LogP contribution in [0.25, 0.3) is 0 Å². The Hall–Kier alpha value is -0.140. The largest absolute Gasteiger partial charge is 0.358 e. The zero-order chi connectivity index (χ0) is 9.78. The Morgan fingerprint density at radius 3 is 2.42 bits per heavy atom. The van der Waals surface area contributed by atoms with Gasteiger partial charge in [0.1, 0.15) is 4.66 Å². The maximum atomic E-state index is 11.0. The predicted molar refractivity (Wildman–Crippen MR) is 49.4 cm³/mol. The third-order valence-electron chi connectivity index (χ3n) is 1.26. The van der Waals surface area contributed by atoms with Crippen LogP contribution in [0.5, 0.6) is 0 Å². The minimum Gasteiger partial charge on any atom is -0.358 e. The van der Waals surface area contributed by atoms with Crippen LogP contribution in [-0.4, -0.2) is 43.9 Å². The van der Waals surface area contributed by atoms with Crippen molar-refractivity contribution in [3.8, 4) is 0 Å². The Balaban J connectivity index is 4.23. The average Bonchev–Trinajstić information content (AvgIpc) is 2.04. The highest BCUT2D eigenvalue weighted by Gasteiger charge is 2.17. The van der Waals surface area contributed by atoms with Crippen molar-refractivity contribution in [1.29, 1.82) is 0 Å². The minimum absolute atomic E-state index is 0.148. The van der Waals surface area contributed by atoms with Crippen molar-refractivity contribution in [2.75, 3.05) is 25.3 Å². The first-order valence-electron chi connectivity index (χ1n) is 3.14. The number of carbonyl (C=O) groups is 1. The monoisotopic (exact) mass is 258 g/mol. The summed E-state index contributed by atoms with van der Waals surface area (Å²) in [6.07, 6.45) is 0.